The number of methoxy groups -OCH3 is 1. The van der Waals surface area contributed by atoms with Gasteiger partial charge in [-0.2, -0.15) is 0 Å². The Morgan fingerprint density at radius 2 is 1.50 bits per heavy atom. The van der Waals surface area contributed by atoms with Crippen LogP contribution in [0.1, 0.15) is 24.5 Å². The Morgan fingerprint density at radius 3 is 1.81 bits per heavy atom. The number of benzene rings is 2. The fraction of sp³-hybridized carbons (Fsp3) is 0.333. The zero-order chi connectivity index (χ0) is 17.6. The molecule has 0 amide bonds. The lowest BCUT2D eigenvalue weighted by molar-refractivity contribution is -0.0352. The van der Waals surface area contributed by atoms with Crippen LogP contribution in [0.5, 0.6) is 0 Å². The standard InChI is InChI=1S/C21H26ClNO.ClH.H2O/c1-16(22)15-20(23-3)17(2)21(24-4,18-11-7-5-8-12-18)19-13-9-6-10-14-19;;/h5-14,17,20,23H,1,15H2,2-4H3;1H;1H2. The Labute approximate surface area is 168 Å². The molecule has 3 N–H and O–H groups in total. The maximum atomic E-state index is 6.22. The molecule has 3 nitrogen and oxygen atoms in total. The van der Waals surface area contributed by atoms with Crippen molar-refractivity contribution < 1.29 is 10.2 Å². The summed E-state index contributed by atoms with van der Waals surface area (Å²) in [6.07, 6.45) is 0.685. The van der Waals surface area contributed by atoms with Crippen LogP contribution in [-0.4, -0.2) is 25.7 Å². The highest BCUT2D eigenvalue weighted by molar-refractivity contribution is 6.29. The fourth-order valence-electron chi connectivity index (χ4n) is 3.54. The van der Waals surface area contributed by atoms with Gasteiger partial charge < -0.3 is 15.5 Å². The van der Waals surface area contributed by atoms with E-state index in [1.807, 2.05) is 43.4 Å². The van der Waals surface area contributed by atoms with E-state index in [1.165, 1.54) is 0 Å². The summed E-state index contributed by atoms with van der Waals surface area (Å²) in [5, 5.41) is 4.03. The van der Waals surface area contributed by atoms with Crippen LogP contribution in [0, 0.1) is 5.92 Å². The van der Waals surface area contributed by atoms with Crippen molar-refractivity contribution in [3.63, 3.8) is 0 Å². The molecule has 144 valence electrons. The molecule has 2 rings (SSSR count). The topological polar surface area (TPSA) is 52.8 Å². The van der Waals surface area contributed by atoms with Crippen LogP contribution in [0.4, 0.5) is 0 Å². The summed E-state index contributed by atoms with van der Waals surface area (Å²) >= 11 is 6.11. The summed E-state index contributed by atoms with van der Waals surface area (Å²) in [6, 6.07) is 20.9. The third kappa shape index (κ3) is 5.09. The van der Waals surface area contributed by atoms with Gasteiger partial charge in [-0.15, -0.1) is 12.4 Å². The van der Waals surface area contributed by atoms with Crippen molar-refractivity contribution in [3.8, 4) is 0 Å². The van der Waals surface area contributed by atoms with Crippen molar-refractivity contribution in [1.82, 2.24) is 5.32 Å². The van der Waals surface area contributed by atoms with Crippen LogP contribution >= 0.6 is 24.0 Å². The first-order chi connectivity index (χ1) is 11.6. The minimum Gasteiger partial charge on any atom is -0.412 e. The van der Waals surface area contributed by atoms with E-state index in [2.05, 4.69) is 43.1 Å². The maximum Gasteiger partial charge on any atom is 0.122 e. The molecule has 2 aromatic rings. The van der Waals surface area contributed by atoms with E-state index in [-0.39, 0.29) is 29.8 Å². The number of rotatable bonds is 8. The van der Waals surface area contributed by atoms with Crippen LogP contribution in [0.15, 0.2) is 72.3 Å². The van der Waals surface area contributed by atoms with E-state index in [9.17, 15) is 0 Å². The average Bonchev–Trinajstić information content (AvgIpc) is 2.62. The van der Waals surface area contributed by atoms with E-state index in [0.29, 0.717) is 11.5 Å². The van der Waals surface area contributed by atoms with E-state index >= 15 is 0 Å². The van der Waals surface area contributed by atoms with Crippen molar-refractivity contribution in [1.29, 1.82) is 0 Å². The molecule has 0 heterocycles. The molecule has 2 unspecified atom stereocenters. The summed E-state index contributed by atoms with van der Waals surface area (Å²) in [4.78, 5) is 0. The summed E-state index contributed by atoms with van der Waals surface area (Å²) in [7, 11) is 3.73. The van der Waals surface area contributed by atoms with Gasteiger partial charge >= 0.3 is 0 Å². The molecule has 26 heavy (non-hydrogen) atoms. The monoisotopic (exact) mass is 397 g/mol. The number of hydrogen-bond acceptors (Lipinski definition) is 2. The van der Waals surface area contributed by atoms with Crippen LogP contribution in [0.3, 0.4) is 0 Å². The first-order valence-electron chi connectivity index (χ1n) is 8.23. The molecule has 2 atom stereocenters. The number of ether oxygens (including phenoxy) is 1. The lowest BCUT2D eigenvalue weighted by atomic mass is 9.72. The number of hydrogen-bond donors (Lipinski definition) is 1. The number of nitrogens with one attached hydrogen (secondary N) is 1. The molecule has 0 aliphatic carbocycles. The van der Waals surface area contributed by atoms with Crippen molar-refractivity contribution in [3.05, 3.63) is 83.4 Å². The van der Waals surface area contributed by atoms with Gasteiger partial charge in [0.25, 0.3) is 0 Å². The second-order valence-corrected chi connectivity index (χ2v) is 6.61. The van der Waals surface area contributed by atoms with Gasteiger partial charge in [0.05, 0.1) is 0 Å². The largest absolute Gasteiger partial charge is 0.412 e. The Morgan fingerprint density at radius 1 is 1.08 bits per heavy atom. The Kier molecular flexibility index (Phi) is 10.8. The molecule has 0 aromatic heterocycles. The molecule has 5 heteroatoms. The summed E-state index contributed by atoms with van der Waals surface area (Å²) < 4.78 is 6.22. The van der Waals surface area contributed by atoms with Gasteiger partial charge in [0, 0.05) is 24.1 Å². The molecule has 0 fully saturated rings. The minimum atomic E-state index is -0.567. The molecule has 0 bridgehead atoms. The van der Waals surface area contributed by atoms with Gasteiger partial charge in [0.2, 0.25) is 0 Å². The third-order valence-electron chi connectivity index (χ3n) is 4.78. The zero-order valence-electron chi connectivity index (χ0n) is 15.5. The Hall–Kier alpha value is -1.36. The minimum absolute atomic E-state index is 0. The fourth-order valence-corrected chi connectivity index (χ4v) is 3.70. The molecule has 0 aliphatic heterocycles. The smallest absolute Gasteiger partial charge is 0.122 e. The highest BCUT2D eigenvalue weighted by Crippen LogP contribution is 2.42. The van der Waals surface area contributed by atoms with Gasteiger partial charge in [-0.25, -0.2) is 0 Å². The van der Waals surface area contributed by atoms with Crippen LogP contribution in [-0.2, 0) is 10.3 Å². The van der Waals surface area contributed by atoms with E-state index in [1.54, 1.807) is 7.11 Å². The van der Waals surface area contributed by atoms with Crippen molar-refractivity contribution in [2.45, 2.75) is 25.0 Å². The predicted molar refractivity (Wildman–Crippen MR) is 113 cm³/mol. The Balaban J connectivity index is 0.00000312. The van der Waals surface area contributed by atoms with Crippen molar-refractivity contribution in [2.24, 2.45) is 5.92 Å². The molecule has 0 saturated heterocycles. The van der Waals surface area contributed by atoms with Gasteiger partial charge in [-0.1, -0.05) is 85.8 Å². The second kappa shape index (κ2) is 11.4. The first-order valence-corrected chi connectivity index (χ1v) is 8.60. The van der Waals surface area contributed by atoms with Gasteiger partial charge in [0.1, 0.15) is 5.60 Å². The van der Waals surface area contributed by atoms with E-state index in [4.69, 9.17) is 16.3 Å². The van der Waals surface area contributed by atoms with Crippen LogP contribution in [0.2, 0.25) is 0 Å². The van der Waals surface area contributed by atoms with Gasteiger partial charge in [-0.05, 0) is 24.6 Å². The lowest BCUT2D eigenvalue weighted by Crippen LogP contribution is -2.47. The van der Waals surface area contributed by atoms with Crippen molar-refractivity contribution >= 4 is 24.0 Å². The maximum absolute atomic E-state index is 6.22. The zero-order valence-corrected chi connectivity index (χ0v) is 17.1. The average molecular weight is 398 g/mol. The van der Waals surface area contributed by atoms with E-state index in [0.717, 1.165) is 11.1 Å². The molecular formula is C21H29Cl2NO2. The second-order valence-electron chi connectivity index (χ2n) is 6.08. The highest BCUT2D eigenvalue weighted by atomic mass is 35.5. The normalized spacial score (nSPS) is 13.1. The van der Waals surface area contributed by atoms with E-state index < -0.39 is 5.60 Å². The molecule has 0 saturated carbocycles. The van der Waals surface area contributed by atoms with Crippen molar-refractivity contribution in [2.75, 3.05) is 14.2 Å². The predicted octanol–water partition coefficient (Wildman–Crippen LogP) is 4.54. The molecular weight excluding hydrogens is 369 g/mol. The third-order valence-corrected chi connectivity index (χ3v) is 4.94. The molecule has 2 aromatic carbocycles. The highest BCUT2D eigenvalue weighted by Gasteiger charge is 2.43. The van der Waals surface area contributed by atoms with Crippen LogP contribution < -0.4 is 5.32 Å². The SMILES string of the molecule is C=C(Cl)CC(NC)C(C)C(OC)(c1ccccc1)c1ccccc1.Cl.O. The van der Waals surface area contributed by atoms with Crippen LogP contribution in [0.25, 0.3) is 0 Å². The first kappa shape index (κ1) is 24.6. The van der Waals surface area contributed by atoms with Gasteiger partial charge in [0.15, 0.2) is 0 Å². The molecule has 0 aliphatic rings. The lowest BCUT2D eigenvalue weighted by Gasteiger charge is -2.42. The summed E-state index contributed by atoms with van der Waals surface area (Å²) in [6.45, 7) is 6.06. The number of halogens is 2. The van der Waals surface area contributed by atoms with Gasteiger partial charge in [-0.3, -0.25) is 0 Å². The summed E-state index contributed by atoms with van der Waals surface area (Å²) in [5.74, 6) is 0.132. The summed E-state index contributed by atoms with van der Waals surface area (Å²) in [5.41, 5.74) is 1.70. The molecule has 0 spiro atoms. The molecule has 0 radical (unpaired) electrons. The Bertz CT molecular complexity index is 610. The quantitative estimate of drug-likeness (QED) is 0.710.